The highest BCUT2D eigenvalue weighted by molar-refractivity contribution is 5.80. The number of imidazole rings is 1. The number of hydrogen-bond acceptors (Lipinski definition) is 7. The van der Waals surface area contributed by atoms with Gasteiger partial charge in [-0.2, -0.15) is 4.98 Å². The maximum Gasteiger partial charge on any atom is 0.226 e. The first kappa shape index (κ1) is 25.3. The predicted octanol–water partition coefficient (Wildman–Crippen LogP) is 4.38. The van der Waals surface area contributed by atoms with E-state index in [0.29, 0.717) is 42.4 Å². The number of fused-ring (bicyclic) bond motifs is 1. The van der Waals surface area contributed by atoms with Gasteiger partial charge in [0.1, 0.15) is 17.2 Å². The highest BCUT2D eigenvalue weighted by atomic mass is 19.1. The fourth-order valence-electron chi connectivity index (χ4n) is 5.50. The van der Waals surface area contributed by atoms with Gasteiger partial charge in [-0.25, -0.2) is 18.7 Å². The number of nitrogens with one attached hydrogen (secondary N) is 2. The Labute approximate surface area is 214 Å². The normalized spacial score (nSPS) is 22.1. The van der Waals surface area contributed by atoms with Crippen LogP contribution in [0.1, 0.15) is 58.4 Å². The first-order valence-corrected chi connectivity index (χ1v) is 13.0. The summed E-state index contributed by atoms with van der Waals surface area (Å²) in [7, 11) is 0. The van der Waals surface area contributed by atoms with Gasteiger partial charge in [0.25, 0.3) is 0 Å². The van der Waals surface area contributed by atoms with Gasteiger partial charge in [-0.05, 0) is 64.5 Å². The molecule has 2 fully saturated rings. The number of anilines is 3. The molecule has 3 aromatic rings. The van der Waals surface area contributed by atoms with E-state index in [4.69, 9.17) is 4.98 Å². The van der Waals surface area contributed by atoms with Crippen LogP contribution in [0, 0.1) is 17.6 Å². The quantitative estimate of drug-likeness (QED) is 0.430. The summed E-state index contributed by atoms with van der Waals surface area (Å²) < 4.78 is 29.9. The van der Waals surface area contributed by atoms with Crippen LogP contribution in [0.2, 0.25) is 0 Å². The second-order valence-electron chi connectivity index (χ2n) is 10.3. The number of aromatic nitrogens is 4. The lowest BCUT2D eigenvalue weighted by atomic mass is 9.85. The number of amides is 1. The summed E-state index contributed by atoms with van der Waals surface area (Å²) in [6.07, 6.45) is 6.24. The summed E-state index contributed by atoms with van der Waals surface area (Å²) in [5, 5.41) is 15.9. The third-order valence-electron chi connectivity index (χ3n) is 7.31. The first-order valence-electron chi connectivity index (χ1n) is 13.0. The first-order chi connectivity index (χ1) is 17.8. The van der Waals surface area contributed by atoms with E-state index in [2.05, 4.69) is 20.6 Å². The highest BCUT2D eigenvalue weighted by Crippen LogP contribution is 2.38. The average Bonchev–Trinajstić information content (AvgIpc) is 3.49. The molecule has 1 aromatic carbocycles. The van der Waals surface area contributed by atoms with Gasteiger partial charge in [-0.1, -0.05) is 0 Å². The van der Waals surface area contributed by atoms with Gasteiger partial charge in [0.05, 0.1) is 24.5 Å². The molecule has 2 aliphatic rings. The third-order valence-corrected chi connectivity index (χ3v) is 7.31. The van der Waals surface area contributed by atoms with E-state index in [9.17, 15) is 18.7 Å². The topological polar surface area (TPSA) is 108 Å². The van der Waals surface area contributed by atoms with Crippen LogP contribution in [0.4, 0.5) is 26.4 Å². The summed E-state index contributed by atoms with van der Waals surface area (Å²) in [5.41, 5.74) is 1.28. The Kier molecular flexibility index (Phi) is 7.23. The van der Waals surface area contributed by atoms with Crippen LogP contribution >= 0.6 is 0 Å². The van der Waals surface area contributed by atoms with E-state index in [1.165, 1.54) is 12.1 Å². The molecule has 0 bridgehead atoms. The van der Waals surface area contributed by atoms with Crippen molar-refractivity contribution in [1.29, 1.82) is 0 Å². The van der Waals surface area contributed by atoms with E-state index >= 15 is 0 Å². The minimum absolute atomic E-state index is 0.00351. The molecule has 2 aromatic heterocycles. The van der Waals surface area contributed by atoms with Gasteiger partial charge < -0.3 is 20.6 Å². The molecule has 1 aliphatic carbocycles. The summed E-state index contributed by atoms with van der Waals surface area (Å²) >= 11 is 0. The van der Waals surface area contributed by atoms with Gasteiger partial charge in [-0.15, -0.1) is 0 Å². The minimum Gasteiger partial charge on any atom is -0.394 e. The Morgan fingerprint density at radius 3 is 2.65 bits per heavy atom. The average molecular weight is 514 g/mol. The number of likely N-dealkylation sites (tertiary alicyclic amines) is 1. The van der Waals surface area contributed by atoms with Crippen molar-refractivity contribution >= 4 is 34.7 Å². The number of nitrogens with zero attached hydrogens (tertiary/aromatic N) is 5. The molecule has 0 unspecified atom stereocenters. The SMILES string of the molecule is CC(C)Nc1ncc2nc(Nc3ccc(F)cc3F)n(C3CCC(C(=O)N4CCC[C@H]4CO)CC3)c2n1. The van der Waals surface area contributed by atoms with Crippen LogP contribution < -0.4 is 10.6 Å². The van der Waals surface area contributed by atoms with Gasteiger partial charge in [0.15, 0.2) is 5.65 Å². The molecule has 37 heavy (non-hydrogen) atoms. The van der Waals surface area contributed by atoms with Crippen LogP contribution in [0.25, 0.3) is 11.2 Å². The lowest BCUT2D eigenvalue weighted by Gasteiger charge is -2.33. The maximum absolute atomic E-state index is 14.5. The number of halogens is 2. The van der Waals surface area contributed by atoms with Gasteiger partial charge in [-0.3, -0.25) is 9.36 Å². The minimum atomic E-state index is -0.717. The molecule has 1 amide bonds. The maximum atomic E-state index is 14.5. The van der Waals surface area contributed by atoms with Gasteiger partial charge >= 0.3 is 0 Å². The predicted molar refractivity (Wildman–Crippen MR) is 137 cm³/mol. The fourth-order valence-corrected chi connectivity index (χ4v) is 5.50. The highest BCUT2D eigenvalue weighted by Gasteiger charge is 2.36. The molecule has 1 saturated carbocycles. The molecule has 1 aliphatic heterocycles. The molecule has 0 radical (unpaired) electrons. The van der Waals surface area contributed by atoms with Crippen LogP contribution in [-0.2, 0) is 4.79 Å². The van der Waals surface area contributed by atoms with Crippen molar-refractivity contribution in [1.82, 2.24) is 24.4 Å². The summed E-state index contributed by atoms with van der Waals surface area (Å²) in [6, 6.07) is 3.40. The van der Waals surface area contributed by atoms with Crippen molar-refractivity contribution in [3.05, 3.63) is 36.0 Å². The van der Waals surface area contributed by atoms with Crippen molar-refractivity contribution in [2.75, 3.05) is 23.8 Å². The van der Waals surface area contributed by atoms with E-state index in [0.717, 1.165) is 31.7 Å². The molecular weight excluding hydrogens is 480 g/mol. The summed E-state index contributed by atoms with van der Waals surface area (Å²) in [4.78, 5) is 28.7. The lowest BCUT2D eigenvalue weighted by Crippen LogP contribution is -2.42. The van der Waals surface area contributed by atoms with E-state index in [-0.39, 0.29) is 42.2 Å². The molecule has 9 nitrogen and oxygen atoms in total. The molecule has 0 spiro atoms. The van der Waals surface area contributed by atoms with Crippen molar-refractivity contribution in [3.8, 4) is 0 Å². The zero-order valence-corrected chi connectivity index (χ0v) is 21.1. The zero-order valence-electron chi connectivity index (χ0n) is 21.1. The van der Waals surface area contributed by atoms with Gasteiger partial charge in [0, 0.05) is 30.6 Å². The van der Waals surface area contributed by atoms with Crippen molar-refractivity contribution in [2.24, 2.45) is 5.92 Å². The molecule has 3 heterocycles. The van der Waals surface area contributed by atoms with Crippen LogP contribution in [0.5, 0.6) is 0 Å². The summed E-state index contributed by atoms with van der Waals surface area (Å²) in [5.74, 6) is -0.469. The van der Waals surface area contributed by atoms with Gasteiger partial charge in [0.2, 0.25) is 17.8 Å². The monoisotopic (exact) mass is 513 g/mol. The Morgan fingerprint density at radius 2 is 1.95 bits per heavy atom. The molecule has 198 valence electrons. The van der Waals surface area contributed by atoms with E-state index < -0.39 is 11.6 Å². The fraction of sp³-hybridized carbons (Fsp3) is 0.538. The van der Waals surface area contributed by atoms with E-state index in [1.807, 2.05) is 23.3 Å². The van der Waals surface area contributed by atoms with E-state index in [1.54, 1.807) is 6.20 Å². The van der Waals surface area contributed by atoms with Crippen molar-refractivity contribution in [2.45, 2.75) is 70.5 Å². The van der Waals surface area contributed by atoms with Crippen molar-refractivity contribution < 1.29 is 18.7 Å². The Balaban J connectivity index is 1.43. The second-order valence-corrected chi connectivity index (χ2v) is 10.3. The Bertz CT molecular complexity index is 1270. The van der Waals surface area contributed by atoms with Crippen LogP contribution in [0.3, 0.4) is 0 Å². The number of hydrogen-bond donors (Lipinski definition) is 3. The standard InChI is InChI=1S/C26H33F2N7O2/c1-15(2)30-25-29-13-22-23(33-25)35(26(32-22)31-21-10-7-17(27)12-20(21)28)18-8-5-16(6-9-18)24(37)34-11-3-4-19(34)14-36/h7,10,12-13,15-16,18-19,36H,3-6,8-9,11,14H2,1-2H3,(H,31,32)(H,29,30,33)/t16?,18?,19-/m0/s1. The largest absolute Gasteiger partial charge is 0.394 e. The molecule has 5 rings (SSSR count). The number of benzene rings is 1. The van der Waals surface area contributed by atoms with Crippen LogP contribution in [0.15, 0.2) is 24.4 Å². The number of carbonyl (C=O) groups is 1. The second kappa shape index (κ2) is 10.6. The van der Waals surface area contributed by atoms with Crippen molar-refractivity contribution in [3.63, 3.8) is 0 Å². The Morgan fingerprint density at radius 1 is 1.16 bits per heavy atom. The molecule has 11 heteroatoms. The zero-order chi connectivity index (χ0) is 26.1. The lowest BCUT2D eigenvalue weighted by molar-refractivity contribution is -0.138. The molecule has 1 atom stereocenters. The number of carbonyl (C=O) groups excluding carboxylic acids is 1. The molecule has 1 saturated heterocycles. The number of aliphatic hydroxyl groups excluding tert-OH is 1. The smallest absolute Gasteiger partial charge is 0.226 e. The number of rotatable bonds is 7. The Hall–Kier alpha value is -3.34. The number of aliphatic hydroxyl groups is 1. The van der Waals surface area contributed by atoms with Crippen LogP contribution in [-0.4, -0.2) is 60.7 Å². The third kappa shape index (κ3) is 5.22. The summed E-state index contributed by atoms with van der Waals surface area (Å²) in [6.45, 7) is 4.70. The molecular formula is C26H33F2N7O2. The molecule has 3 N–H and O–H groups in total.